The number of ether oxygens (including phenoxy) is 2. The standard InChI is InChI=1S/C27H24F3N5O6S/c28-27(29,30)41-18-8-6-17(7-9-18)39-13-21(36)33-12-22-35-24(26(32)38)20(40-22)10-16(15-4-2-1-3-5-15)11-23-34-19(14-42-23)25(31)37/h1-9,14,16H,10-13H2,(H2,31,37)(H2,32,38)(H,33,36)/t16-/m1/s1. The lowest BCUT2D eigenvalue weighted by Gasteiger charge is -2.15. The summed E-state index contributed by atoms with van der Waals surface area (Å²) in [6, 6.07) is 13.9. The van der Waals surface area contributed by atoms with Gasteiger partial charge in [0.25, 0.3) is 17.7 Å². The van der Waals surface area contributed by atoms with E-state index < -0.39 is 36.4 Å². The number of amides is 3. The first kappa shape index (κ1) is 30.0. The fourth-order valence-corrected chi connectivity index (χ4v) is 4.77. The molecule has 0 saturated carbocycles. The highest BCUT2D eigenvalue weighted by atomic mass is 32.1. The molecule has 0 aliphatic carbocycles. The quantitative estimate of drug-likeness (QED) is 0.208. The zero-order valence-electron chi connectivity index (χ0n) is 21.7. The van der Waals surface area contributed by atoms with Crippen molar-refractivity contribution >= 4 is 29.1 Å². The van der Waals surface area contributed by atoms with Crippen LogP contribution in [-0.2, 0) is 24.2 Å². The van der Waals surface area contributed by atoms with Crippen LogP contribution in [0.3, 0.4) is 0 Å². The Kier molecular flexibility index (Phi) is 9.42. The maximum absolute atomic E-state index is 12.3. The number of carbonyl (C=O) groups is 3. The van der Waals surface area contributed by atoms with Crippen LogP contribution in [0.1, 0.15) is 49.1 Å². The first-order valence-corrected chi connectivity index (χ1v) is 13.2. The average molecular weight is 604 g/mol. The monoisotopic (exact) mass is 603 g/mol. The van der Waals surface area contributed by atoms with Crippen LogP contribution in [0, 0.1) is 0 Å². The molecule has 0 fully saturated rings. The molecule has 3 amide bonds. The van der Waals surface area contributed by atoms with Gasteiger partial charge in [-0.25, -0.2) is 9.97 Å². The third-order valence-corrected chi connectivity index (χ3v) is 6.64. The molecule has 0 unspecified atom stereocenters. The fourth-order valence-electron chi connectivity index (χ4n) is 3.90. The number of nitrogens with two attached hydrogens (primary N) is 2. The molecule has 5 N–H and O–H groups in total. The summed E-state index contributed by atoms with van der Waals surface area (Å²) in [4.78, 5) is 44.3. The molecular weight excluding hydrogens is 579 g/mol. The number of rotatable bonds is 13. The number of oxazole rings is 1. The highest BCUT2D eigenvalue weighted by Crippen LogP contribution is 2.29. The molecule has 0 bridgehead atoms. The van der Waals surface area contributed by atoms with Gasteiger partial charge >= 0.3 is 6.36 Å². The van der Waals surface area contributed by atoms with Crippen molar-refractivity contribution < 1.29 is 41.4 Å². The lowest BCUT2D eigenvalue weighted by Crippen LogP contribution is -2.28. The van der Waals surface area contributed by atoms with Crippen molar-refractivity contribution in [1.29, 1.82) is 0 Å². The van der Waals surface area contributed by atoms with Gasteiger partial charge in [0.15, 0.2) is 12.3 Å². The van der Waals surface area contributed by atoms with Gasteiger partial charge in [0.1, 0.15) is 23.0 Å². The summed E-state index contributed by atoms with van der Waals surface area (Å²) in [7, 11) is 0. The minimum Gasteiger partial charge on any atom is -0.484 e. The van der Waals surface area contributed by atoms with Crippen LogP contribution < -0.4 is 26.3 Å². The summed E-state index contributed by atoms with van der Waals surface area (Å²) >= 11 is 1.28. The number of benzene rings is 2. The van der Waals surface area contributed by atoms with Crippen molar-refractivity contribution in [2.24, 2.45) is 11.5 Å². The molecule has 220 valence electrons. The van der Waals surface area contributed by atoms with Crippen molar-refractivity contribution in [2.75, 3.05) is 6.61 Å². The predicted octanol–water partition coefficient (Wildman–Crippen LogP) is 3.49. The van der Waals surface area contributed by atoms with E-state index in [9.17, 15) is 27.6 Å². The fraction of sp³-hybridized carbons (Fsp3) is 0.222. The molecule has 2 heterocycles. The number of alkyl halides is 3. The highest BCUT2D eigenvalue weighted by molar-refractivity contribution is 7.09. The molecule has 2 aromatic carbocycles. The topological polar surface area (TPSA) is 173 Å². The van der Waals surface area contributed by atoms with Crippen LogP contribution in [0.25, 0.3) is 0 Å². The molecule has 0 aliphatic heterocycles. The van der Waals surface area contributed by atoms with Gasteiger partial charge in [-0.2, -0.15) is 0 Å². The number of primary amides is 2. The Hall–Kier alpha value is -4.92. The van der Waals surface area contributed by atoms with E-state index in [0.717, 1.165) is 17.7 Å². The van der Waals surface area contributed by atoms with Crippen molar-refractivity contribution in [3.05, 3.63) is 93.6 Å². The summed E-state index contributed by atoms with van der Waals surface area (Å²) in [6.07, 6.45) is -4.20. The summed E-state index contributed by atoms with van der Waals surface area (Å²) in [5, 5.41) is 4.77. The minimum atomic E-state index is -4.82. The Balaban J connectivity index is 1.40. The second-order valence-corrected chi connectivity index (χ2v) is 9.78. The Morgan fingerprint density at radius 1 is 0.952 bits per heavy atom. The van der Waals surface area contributed by atoms with Crippen LogP contribution in [0.4, 0.5) is 13.2 Å². The van der Waals surface area contributed by atoms with E-state index in [1.807, 2.05) is 30.3 Å². The number of thiazole rings is 1. The Bertz CT molecular complexity index is 1540. The van der Waals surface area contributed by atoms with Gasteiger partial charge in [-0.05, 0) is 35.7 Å². The highest BCUT2D eigenvalue weighted by Gasteiger charge is 2.31. The molecular formula is C27H24F3N5O6S. The van der Waals surface area contributed by atoms with E-state index in [-0.39, 0.29) is 47.7 Å². The maximum Gasteiger partial charge on any atom is 0.573 e. The van der Waals surface area contributed by atoms with Gasteiger partial charge in [-0.15, -0.1) is 24.5 Å². The summed E-state index contributed by atoms with van der Waals surface area (Å²) in [6.45, 7) is -0.641. The first-order chi connectivity index (χ1) is 20.0. The maximum atomic E-state index is 12.3. The van der Waals surface area contributed by atoms with Gasteiger partial charge in [0, 0.05) is 18.2 Å². The molecule has 1 atom stereocenters. The molecule has 0 saturated heterocycles. The van der Waals surface area contributed by atoms with Crippen LogP contribution in [0.15, 0.2) is 64.4 Å². The molecule has 2 aromatic heterocycles. The van der Waals surface area contributed by atoms with Gasteiger partial charge in [0.2, 0.25) is 5.89 Å². The molecule has 0 spiro atoms. The van der Waals surface area contributed by atoms with E-state index in [1.165, 1.54) is 23.5 Å². The molecule has 42 heavy (non-hydrogen) atoms. The molecule has 4 aromatic rings. The van der Waals surface area contributed by atoms with Crippen LogP contribution in [0.5, 0.6) is 11.5 Å². The molecule has 0 aliphatic rings. The van der Waals surface area contributed by atoms with Gasteiger partial charge in [0.05, 0.1) is 11.6 Å². The number of halogens is 3. The largest absolute Gasteiger partial charge is 0.573 e. The van der Waals surface area contributed by atoms with E-state index >= 15 is 0 Å². The van der Waals surface area contributed by atoms with Crippen molar-refractivity contribution in [1.82, 2.24) is 15.3 Å². The Labute approximate surface area is 240 Å². The number of hydrogen-bond acceptors (Lipinski definition) is 9. The second-order valence-electron chi connectivity index (χ2n) is 8.83. The molecule has 0 radical (unpaired) electrons. The van der Waals surface area contributed by atoms with Crippen molar-refractivity contribution in [2.45, 2.75) is 31.7 Å². The number of nitrogens with zero attached hydrogens (tertiary/aromatic N) is 2. The Morgan fingerprint density at radius 3 is 2.26 bits per heavy atom. The number of hydrogen-bond donors (Lipinski definition) is 3. The molecule has 4 rings (SSSR count). The summed E-state index contributed by atoms with van der Waals surface area (Å²) < 4.78 is 51.7. The number of aromatic nitrogens is 2. The van der Waals surface area contributed by atoms with E-state index in [0.29, 0.717) is 11.4 Å². The lowest BCUT2D eigenvalue weighted by atomic mass is 9.91. The van der Waals surface area contributed by atoms with E-state index in [2.05, 4.69) is 20.0 Å². The first-order valence-electron chi connectivity index (χ1n) is 12.3. The Morgan fingerprint density at radius 2 is 1.64 bits per heavy atom. The van der Waals surface area contributed by atoms with E-state index in [1.54, 1.807) is 5.38 Å². The smallest absolute Gasteiger partial charge is 0.484 e. The average Bonchev–Trinajstić information content (AvgIpc) is 3.58. The molecule has 15 heteroatoms. The van der Waals surface area contributed by atoms with Gasteiger partial charge in [-0.3, -0.25) is 14.4 Å². The third-order valence-electron chi connectivity index (χ3n) is 5.77. The molecule has 11 nitrogen and oxygen atoms in total. The zero-order chi connectivity index (χ0) is 30.3. The summed E-state index contributed by atoms with van der Waals surface area (Å²) in [5.41, 5.74) is 11.9. The van der Waals surface area contributed by atoms with Gasteiger partial charge in [-0.1, -0.05) is 30.3 Å². The van der Waals surface area contributed by atoms with Crippen LogP contribution >= 0.6 is 11.3 Å². The second kappa shape index (κ2) is 13.2. The van der Waals surface area contributed by atoms with Crippen LogP contribution in [0.2, 0.25) is 0 Å². The lowest BCUT2D eigenvalue weighted by molar-refractivity contribution is -0.274. The van der Waals surface area contributed by atoms with Crippen molar-refractivity contribution in [3.63, 3.8) is 0 Å². The number of nitrogens with one attached hydrogen (secondary N) is 1. The predicted molar refractivity (Wildman–Crippen MR) is 143 cm³/mol. The van der Waals surface area contributed by atoms with E-state index in [4.69, 9.17) is 20.6 Å². The van der Waals surface area contributed by atoms with Gasteiger partial charge < -0.3 is 30.7 Å². The third kappa shape index (κ3) is 8.54. The normalized spacial score (nSPS) is 12.0. The zero-order valence-corrected chi connectivity index (χ0v) is 22.5. The van der Waals surface area contributed by atoms with Crippen LogP contribution in [-0.4, -0.2) is 40.7 Å². The summed E-state index contributed by atoms with van der Waals surface area (Å²) in [5.74, 6) is -2.31. The van der Waals surface area contributed by atoms with Crippen molar-refractivity contribution in [3.8, 4) is 11.5 Å². The SMILES string of the molecule is NC(=O)c1csc(C[C@@H](Cc2oc(CNC(=O)COc3ccc(OC(F)(F)F)cc3)nc2C(N)=O)c2ccccc2)n1. The minimum absolute atomic E-state index is 0.0258. The number of carbonyl (C=O) groups excluding carboxylic acids is 3.